The normalized spacial score (nSPS) is 17.7. The molecular weight excluding hydrogens is 408 g/mol. The first-order valence-electron chi connectivity index (χ1n) is 9.74. The summed E-state index contributed by atoms with van der Waals surface area (Å²) in [5.41, 5.74) is 1.95. The summed E-state index contributed by atoms with van der Waals surface area (Å²) in [6, 6.07) is 11.2. The second-order valence-corrected chi connectivity index (χ2v) is 10.3. The van der Waals surface area contributed by atoms with Crippen LogP contribution in [-0.4, -0.2) is 48.4 Å². The van der Waals surface area contributed by atoms with Gasteiger partial charge in [-0.15, -0.1) is 11.3 Å². The Balaban J connectivity index is 1.30. The number of aryl methyl sites for hydroxylation is 1. The highest BCUT2D eigenvalue weighted by molar-refractivity contribution is 7.91. The van der Waals surface area contributed by atoms with Crippen molar-refractivity contribution in [3.8, 4) is 0 Å². The van der Waals surface area contributed by atoms with Crippen molar-refractivity contribution in [2.45, 2.75) is 30.0 Å². The lowest BCUT2D eigenvalue weighted by atomic mass is 9.98. The van der Waals surface area contributed by atoms with Crippen LogP contribution >= 0.6 is 11.3 Å². The minimum absolute atomic E-state index is 0.105. The van der Waals surface area contributed by atoms with Gasteiger partial charge < -0.3 is 9.47 Å². The number of thiophene rings is 1. The van der Waals surface area contributed by atoms with Gasteiger partial charge in [0.1, 0.15) is 4.21 Å². The highest BCUT2D eigenvalue weighted by atomic mass is 32.2. The Hall–Kier alpha value is -2.23. The van der Waals surface area contributed by atoms with E-state index in [1.807, 2.05) is 33.7 Å². The van der Waals surface area contributed by atoms with E-state index < -0.39 is 10.0 Å². The van der Waals surface area contributed by atoms with E-state index in [9.17, 15) is 13.2 Å². The standard InChI is InChI=1S/C20H24N4O3S2/c25-19(9-11-24-15-21-17-6-1-2-7-18(17)24)23-10-3-5-16(14-23)13-22-29(26,27)20-8-4-12-28-20/h1-2,4,6-8,12,15-16,22H,3,5,9-11,13-14H2. The molecule has 0 saturated carbocycles. The van der Waals surface area contributed by atoms with Crippen molar-refractivity contribution < 1.29 is 13.2 Å². The molecule has 0 aliphatic carbocycles. The summed E-state index contributed by atoms with van der Waals surface area (Å²) in [6.45, 7) is 2.27. The first kappa shape index (κ1) is 20.1. The first-order chi connectivity index (χ1) is 14.0. The van der Waals surface area contributed by atoms with E-state index in [-0.39, 0.29) is 11.8 Å². The molecule has 1 N–H and O–H groups in total. The minimum atomic E-state index is -3.46. The molecule has 1 fully saturated rings. The number of hydrogen-bond donors (Lipinski definition) is 1. The van der Waals surface area contributed by atoms with Crippen molar-refractivity contribution in [1.29, 1.82) is 0 Å². The molecule has 1 unspecified atom stereocenters. The van der Waals surface area contributed by atoms with Crippen LogP contribution < -0.4 is 4.72 Å². The number of carbonyl (C=O) groups is 1. The maximum atomic E-state index is 12.7. The van der Waals surface area contributed by atoms with Crippen LogP contribution in [0.4, 0.5) is 0 Å². The fourth-order valence-electron chi connectivity index (χ4n) is 3.74. The number of benzene rings is 1. The third-order valence-electron chi connectivity index (χ3n) is 5.29. The molecule has 7 nitrogen and oxygen atoms in total. The summed E-state index contributed by atoms with van der Waals surface area (Å²) in [4.78, 5) is 18.9. The molecule has 1 aliphatic rings. The molecule has 9 heteroatoms. The lowest BCUT2D eigenvalue weighted by Gasteiger charge is -2.33. The number of para-hydroxylation sites is 2. The molecule has 29 heavy (non-hydrogen) atoms. The minimum Gasteiger partial charge on any atom is -0.342 e. The number of hydrogen-bond acceptors (Lipinski definition) is 5. The van der Waals surface area contributed by atoms with Crippen LogP contribution in [0.25, 0.3) is 11.0 Å². The van der Waals surface area contributed by atoms with E-state index in [0.29, 0.717) is 30.3 Å². The van der Waals surface area contributed by atoms with Crippen molar-refractivity contribution in [2.75, 3.05) is 19.6 Å². The van der Waals surface area contributed by atoms with E-state index in [1.165, 1.54) is 11.3 Å². The highest BCUT2D eigenvalue weighted by Crippen LogP contribution is 2.20. The summed E-state index contributed by atoms with van der Waals surface area (Å²) in [7, 11) is -3.46. The largest absolute Gasteiger partial charge is 0.342 e. The molecule has 1 amide bonds. The monoisotopic (exact) mass is 432 g/mol. The molecule has 2 aromatic heterocycles. The summed E-state index contributed by atoms with van der Waals surface area (Å²) in [6.07, 6.45) is 4.00. The molecule has 154 valence electrons. The first-order valence-corrected chi connectivity index (χ1v) is 12.1. The molecule has 1 atom stereocenters. The van der Waals surface area contributed by atoms with E-state index in [0.717, 1.165) is 30.4 Å². The van der Waals surface area contributed by atoms with Crippen molar-refractivity contribution in [1.82, 2.24) is 19.2 Å². The number of piperidine rings is 1. The number of carbonyl (C=O) groups excluding carboxylic acids is 1. The van der Waals surface area contributed by atoms with Crippen LogP contribution in [-0.2, 0) is 21.4 Å². The molecule has 3 aromatic rings. The van der Waals surface area contributed by atoms with E-state index in [4.69, 9.17) is 0 Å². The van der Waals surface area contributed by atoms with Gasteiger partial charge in [-0.05, 0) is 42.3 Å². The predicted octanol–water partition coefficient (Wildman–Crippen LogP) is 2.71. The molecule has 1 aromatic carbocycles. The van der Waals surface area contributed by atoms with Crippen molar-refractivity contribution in [3.63, 3.8) is 0 Å². The van der Waals surface area contributed by atoms with Gasteiger partial charge in [0.15, 0.2) is 0 Å². The number of nitrogens with one attached hydrogen (secondary N) is 1. The SMILES string of the molecule is O=C(CCn1cnc2ccccc21)N1CCCC(CNS(=O)(=O)c2cccs2)C1. The topological polar surface area (TPSA) is 84.3 Å². The number of sulfonamides is 1. The Labute approximate surface area is 174 Å². The maximum Gasteiger partial charge on any atom is 0.250 e. The van der Waals surface area contributed by atoms with Gasteiger partial charge in [0.25, 0.3) is 0 Å². The van der Waals surface area contributed by atoms with Crippen molar-refractivity contribution in [3.05, 3.63) is 48.1 Å². The Kier molecular flexibility index (Phi) is 5.98. The lowest BCUT2D eigenvalue weighted by Crippen LogP contribution is -2.43. The number of imidazole rings is 1. The molecule has 3 heterocycles. The zero-order chi connectivity index (χ0) is 20.3. The van der Waals surface area contributed by atoms with E-state index >= 15 is 0 Å². The molecule has 1 saturated heterocycles. The van der Waals surface area contributed by atoms with Gasteiger partial charge in [-0.2, -0.15) is 0 Å². The van der Waals surface area contributed by atoms with E-state index in [1.54, 1.807) is 23.8 Å². The Morgan fingerprint density at radius 2 is 2.10 bits per heavy atom. The number of amides is 1. The van der Waals surface area contributed by atoms with Crippen LogP contribution in [0.5, 0.6) is 0 Å². The Morgan fingerprint density at radius 3 is 2.93 bits per heavy atom. The number of fused-ring (bicyclic) bond motifs is 1. The van der Waals surface area contributed by atoms with Crippen LogP contribution in [0.15, 0.2) is 52.3 Å². The summed E-state index contributed by atoms with van der Waals surface area (Å²) < 4.78 is 29.6. The third-order valence-corrected chi connectivity index (χ3v) is 8.11. The number of aromatic nitrogens is 2. The van der Waals surface area contributed by atoms with Crippen LogP contribution in [0, 0.1) is 5.92 Å². The molecule has 0 radical (unpaired) electrons. The predicted molar refractivity (Wildman–Crippen MR) is 113 cm³/mol. The van der Waals surface area contributed by atoms with Crippen molar-refractivity contribution >= 4 is 38.3 Å². The number of rotatable bonds is 7. The maximum absolute atomic E-state index is 12.7. The second kappa shape index (κ2) is 8.64. The summed E-state index contributed by atoms with van der Waals surface area (Å²) >= 11 is 1.21. The fourth-order valence-corrected chi connectivity index (χ4v) is 5.89. The molecular formula is C20H24N4O3S2. The average Bonchev–Trinajstić information content (AvgIpc) is 3.41. The number of likely N-dealkylation sites (tertiary alicyclic amines) is 1. The second-order valence-electron chi connectivity index (χ2n) is 7.31. The van der Waals surface area contributed by atoms with Gasteiger partial charge in [0.2, 0.25) is 15.9 Å². The van der Waals surface area contributed by atoms with E-state index in [2.05, 4.69) is 9.71 Å². The zero-order valence-electron chi connectivity index (χ0n) is 16.0. The number of nitrogens with zero attached hydrogens (tertiary/aromatic N) is 3. The van der Waals surface area contributed by atoms with Crippen LogP contribution in [0.2, 0.25) is 0 Å². The highest BCUT2D eigenvalue weighted by Gasteiger charge is 2.25. The summed E-state index contributed by atoms with van der Waals surface area (Å²) in [5, 5.41) is 1.75. The lowest BCUT2D eigenvalue weighted by molar-refractivity contribution is -0.133. The average molecular weight is 433 g/mol. The van der Waals surface area contributed by atoms with Gasteiger partial charge in [-0.3, -0.25) is 4.79 Å². The third kappa shape index (κ3) is 4.68. The molecule has 0 bridgehead atoms. The smallest absolute Gasteiger partial charge is 0.250 e. The van der Waals surface area contributed by atoms with Gasteiger partial charge >= 0.3 is 0 Å². The Morgan fingerprint density at radius 1 is 1.24 bits per heavy atom. The Bertz CT molecular complexity index is 1080. The quantitative estimate of drug-likeness (QED) is 0.622. The fraction of sp³-hybridized carbons (Fsp3) is 0.400. The van der Waals surface area contributed by atoms with Gasteiger partial charge in [0, 0.05) is 32.6 Å². The van der Waals surface area contributed by atoms with Crippen molar-refractivity contribution in [2.24, 2.45) is 5.92 Å². The van der Waals surface area contributed by atoms with Gasteiger partial charge in [0.05, 0.1) is 17.4 Å². The molecule has 0 spiro atoms. The van der Waals surface area contributed by atoms with Gasteiger partial charge in [-0.25, -0.2) is 18.1 Å². The molecule has 1 aliphatic heterocycles. The summed E-state index contributed by atoms with van der Waals surface area (Å²) in [5.74, 6) is 0.241. The molecule has 4 rings (SSSR count). The van der Waals surface area contributed by atoms with Crippen LogP contribution in [0.1, 0.15) is 19.3 Å². The zero-order valence-corrected chi connectivity index (χ0v) is 17.7. The van der Waals surface area contributed by atoms with Crippen LogP contribution in [0.3, 0.4) is 0 Å². The van der Waals surface area contributed by atoms with Gasteiger partial charge in [-0.1, -0.05) is 18.2 Å².